The van der Waals surface area contributed by atoms with Crippen molar-refractivity contribution in [3.8, 4) is 0 Å². The normalized spacial score (nSPS) is 19.9. The Kier molecular flexibility index (Phi) is 6.62. The van der Waals surface area contributed by atoms with Gasteiger partial charge in [-0.3, -0.25) is 10.1 Å². The van der Waals surface area contributed by atoms with Crippen LogP contribution in [0.4, 0.5) is 0 Å². The van der Waals surface area contributed by atoms with Gasteiger partial charge in [0.1, 0.15) is 6.17 Å². The molecular formula is C14H16Cl4N2O2. The lowest BCUT2D eigenvalue weighted by Gasteiger charge is -2.27. The maximum atomic E-state index is 12.2. The summed E-state index contributed by atoms with van der Waals surface area (Å²) in [7, 11) is 0. The van der Waals surface area contributed by atoms with Crippen LogP contribution in [-0.2, 0) is 4.74 Å². The number of carbonyl (C=O) groups is 1. The van der Waals surface area contributed by atoms with Crippen LogP contribution in [0.1, 0.15) is 23.2 Å². The summed E-state index contributed by atoms with van der Waals surface area (Å²) in [6.07, 6.45) is 1.21. The summed E-state index contributed by atoms with van der Waals surface area (Å²) in [6.45, 7) is 1.24. The van der Waals surface area contributed by atoms with Gasteiger partial charge in [-0.05, 0) is 37.1 Å². The van der Waals surface area contributed by atoms with Crippen molar-refractivity contribution in [2.24, 2.45) is 0 Å². The first-order valence-electron chi connectivity index (χ1n) is 6.84. The predicted octanol–water partition coefficient (Wildman–Crippen LogP) is 3.53. The van der Waals surface area contributed by atoms with E-state index in [1.54, 1.807) is 24.3 Å². The van der Waals surface area contributed by atoms with E-state index in [9.17, 15) is 4.79 Å². The van der Waals surface area contributed by atoms with Crippen LogP contribution in [0, 0.1) is 0 Å². The molecule has 1 aliphatic rings. The van der Waals surface area contributed by atoms with Gasteiger partial charge >= 0.3 is 0 Å². The van der Waals surface area contributed by atoms with Gasteiger partial charge in [-0.15, -0.1) is 0 Å². The van der Waals surface area contributed by atoms with Crippen LogP contribution in [0.25, 0.3) is 0 Å². The molecule has 0 radical (unpaired) electrons. The molecular weight excluding hydrogens is 370 g/mol. The zero-order chi connectivity index (χ0) is 16.2. The van der Waals surface area contributed by atoms with Gasteiger partial charge in [0.25, 0.3) is 5.91 Å². The lowest BCUT2D eigenvalue weighted by Crippen LogP contribution is -2.54. The van der Waals surface area contributed by atoms with Crippen molar-refractivity contribution in [1.82, 2.24) is 10.6 Å². The minimum absolute atomic E-state index is 0.0716. The molecule has 0 bridgehead atoms. The maximum Gasteiger partial charge on any atom is 0.252 e. The first-order chi connectivity index (χ1) is 10.4. The van der Waals surface area contributed by atoms with Crippen LogP contribution in [0.2, 0.25) is 5.02 Å². The molecule has 1 heterocycles. The number of amides is 1. The van der Waals surface area contributed by atoms with Crippen molar-refractivity contribution in [2.45, 2.75) is 28.9 Å². The second kappa shape index (κ2) is 8.04. The minimum atomic E-state index is -1.68. The molecule has 2 rings (SSSR count). The van der Waals surface area contributed by atoms with Crippen LogP contribution in [0.15, 0.2) is 24.3 Å². The average molecular weight is 386 g/mol. The van der Waals surface area contributed by atoms with E-state index in [0.717, 1.165) is 19.4 Å². The van der Waals surface area contributed by atoms with Crippen LogP contribution < -0.4 is 10.6 Å². The number of hydrogen-bond acceptors (Lipinski definition) is 3. The molecule has 122 valence electrons. The predicted molar refractivity (Wildman–Crippen MR) is 90.0 cm³/mol. The molecule has 1 fully saturated rings. The number of carbonyl (C=O) groups excluding carboxylic acids is 1. The van der Waals surface area contributed by atoms with Crippen LogP contribution in [0.3, 0.4) is 0 Å². The molecule has 22 heavy (non-hydrogen) atoms. The third-order valence-electron chi connectivity index (χ3n) is 3.28. The zero-order valence-corrected chi connectivity index (χ0v) is 14.6. The number of nitrogens with one attached hydrogen (secondary N) is 2. The Morgan fingerprint density at radius 3 is 2.55 bits per heavy atom. The molecule has 8 heteroatoms. The molecule has 0 spiro atoms. The SMILES string of the molecule is O=C(N[C@H](NC[C@H]1CCCO1)C(Cl)(Cl)Cl)c1ccc(Cl)cc1. The topological polar surface area (TPSA) is 50.4 Å². The number of hydrogen-bond donors (Lipinski definition) is 2. The van der Waals surface area contributed by atoms with Gasteiger partial charge in [-0.1, -0.05) is 46.4 Å². The Balaban J connectivity index is 1.96. The Labute approximate surface area is 149 Å². The number of benzene rings is 1. The van der Waals surface area contributed by atoms with Gasteiger partial charge in [-0.2, -0.15) is 0 Å². The summed E-state index contributed by atoms with van der Waals surface area (Å²) in [5.41, 5.74) is 0.433. The number of ether oxygens (including phenoxy) is 1. The maximum absolute atomic E-state index is 12.2. The summed E-state index contributed by atoms with van der Waals surface area (Å²) in [5, 5.41) is 6.25. The van der Waals surface area contributed by atoms with Crippen molar-refractivity contribution in [2.75, 3.05) is 13.2 Å². The fourth-order valence-electron chi connectivity index (χ4n) is 2.12. The first kappa shape index (κ1) is 18.1. The first-order valence-corrected chi connectivity index (χ1v) is 8.35. The standard InChI is InChI=1S/C14H16Cl4N2O2/c15-10-5-3-9(4-6-10)12(21)20-13(14(16,17)18)19-8-11-2-1-7-22-11/h3-6,11,13,19H,1-2,7-8H2,(H,20,21)/t11-,13+/m1/s1. The van der Waals surface area contributed by atoms with Crippen molar-refractivity contribution < 1.29 is 9.53 Å². The van der Waals surface area contributed by atoms with Gasteiger partial charge in [0.15, 0.2) is 0 Å². The molecule has 0 saturated carbocycles. The quantitative estimate of drug-likeness (QED) is 0.602. The van der Waals surface area contributed by atoms with Gasteiger partial charge in [0.2, 0.25) is 3.79 Å². The molecule has 0 aliphatic carbocycles. The molecule has 1 aromatic carbocycles. The van der Waals surface area contributed by atoms with E-state index in [-0.39, 0.29) is 12.0 Å². The molecule has 1 aromatic rings. The zero-order valence-electron chi connectivity index (χ0n) is 11.6. The summed E-state index contributed by atoms with van der Waals surface area (Å²) in [4.78, 5) is 12.2. The van der Waals surface area contributed by atoms with E-state index in [2.05, 4.69) is 10.6 Å². The van der Waals surface area contributed by atoms with E-state index < -0.39 is 9.96 Å². The van der Waals surface area contributed by atoms with Gasteiger partial charge in [-0.25, -0.2) is 0 Å². The highest BCUT2D eigenvalue weighted by molar-refractivity contribution is 6.68. The highest BCUT2D eigenvalue weighted by Crippen LogP contribution is 2.29. The van der Waals surface area contributed by atoms with E-state index in [4.69, 9.17) is 51.1 Å². The lowest BCUT2D eigenvalue weighted by atomic mass is 10.2. The van der Waals surface area contributed by atoms with Gasteiger partial charge < -0.3 is 10.1 Å². The summed E-state index contributed by atoms with van der Waals surface area (Å²) in [5.74, 6) is -0.354. The third kappa shape index (κ3) is 5.44. The average Bonchev–Trinajstić information content (AvgIpc) is 2.96. The molecule has 4 nitrogen and oxygen atoms in total. The van der Waals surface area contributed by atoms with Crippen LogP contribution in [0.5, 0.6) is 0 Å². The van der Waals surface area contributed by atoms with E-state index >= 15 is 0 Å². The summed E-state index contributed by atoms with van der Waals surface area (Å²) >= 11 is 23.6. The second-order valence-electron chi connectivity index (χ2n) is 5.00. The summed E-state index contributed by atoms with van der Waals surface area (Å²) in [6, 6.07) is 6.46. The number of alkyl halides is 3. The second-order valence-corrected chi connectivity index (χ2v) is 7.80. The fraction of sp³-hybridized carbons (Fsp3) is 0.500. The molecule has 2 atom stereocenters. The van der Waals surface area contributed by atoms with E-state index in [1.807, 2.05) is 0 Å². The van der Waals surface area contributed by atoms with Crippen LogP contribution >= 0.6 is 46.4 Å². The Morgan fingerprint density at radius 2 is 2.00 bits per heavy atom. The molecule has 2 N–H and O–H groups in total. The largest absolute Gasteiger partial charge is 0.377 e. The Hall–Kier alpha value is -0.230. The van der Waals surface area contributed by atoms with Crippen molar-refractivity contribution in [3.63, 3.8) is 0 Å². The van der Waals surface area contributed by atoms with Gasteiger partial charge in [0, 0.05) is 23.7 Å². The monoisotopic (exact) mass is 384 g/mol. The molecule has 1 aliphatic heterocycles. The van der Waals surface area contributed by atoms with E-state index in [1.165, 1.54) is 0 Å². The fourth-order valence-corrected chi connectivity index (χ4v) is 2.64. The lowest BCUT2D eigenvalue weighted by molar-refractivity contribution is 0.0897. The third-order valence-corrected chi connectivity index (χ3v) is 4.19. The van der Waals surface area contributed by atoms with Crippen molar-refractivity contribution in [3.05, 3.63) is 34.9 Å². The molecule has 1 amide bonds. The summed E-state index contributed by atoms with van der Waals surface area (Å²) < 4.78 is 3.82. The van der Waals surface area contributed by atoms with Gasteiger partial charge in [0.05, 0.1) is 6.10 Å². The molecule has 0 unspecified atom stereocenters. The van der Waals surface area contributed by atoms with E-state index in [0.29, 0.717) is 17.1 Å². The van der Waals surface area contributed by atoms with Crippen LogP contribution in [-0.4, -0.2) is 35.1 Å². The number of halogens is 4. The van der Waals surface area contributed by atoms with Crippen molar-refractivity contribution in [1.29, 1.82) is 0 Å². The highest BCUT2D eigenvalue weighted by atomic mass is 35.6. The van der Waals surface area contributed by atoms with Crippen molar-refractivity contribution >= 4 is 52.3 Å². The highest BCUT2D eigenvalue weighted by Gasteiger charge is 2.34. The smallest absolute Gasteiger partial charge is 0.252 e. The number of rotatable bonds is 5. The Morgan fingerprint density at radius 1 is 1.32 bits per heavy atom. The molecule has 1 saturated heterocycles. The molecule has 0 aromatic heterocycles. The minimum Gasteiger partial charge on any atom is -0.377 e. The Bertz CT molecular complexity index is 499.